The van der Waals surface area contributed by atoms with Gasteiger partial charge in [-0.15, -0.1) is 0 Å². The first-order valence-electron chi connectivity index (χ1n) is 12.0. The zero-order valence-corrected chi connectivity index (χ0v) is 19.8. The Bertz CT molecular complexity index is 1370. The first kappa shape index (κ1) is 21.4. The summed E-state index contributed by atoms with van der Waals surface area (Å²) in [6, 6.07) is 31.4. The standard InChI is InChI=1S/C31H26N2O2/c1-31(2,29-27(34)25(21-13-5-3-6-14-21)23-17-9-11-19-32(23)29)30-28(35)26(22-15-7-4-8-16-22)24-18-10-12-20-33(24)30/h3-20,29-30H,1-2H3/p+2. The number of rotatable bonds is 4. The van der Waals surface area contributed by atoms with Crippen LogP contribution in [0.5, 0.6) is 0 Å². The van der Waals surface area contributed by atoms with E-state index in [1.54, 1.807) is 0 Å². The zero-order valence-electron chi connectivity index (χ0n) is 19.8. The summed E-state index contributed by atoms with van der Waals surface area (Å²) in [4.78, 5) is 0. The van der Waals surface area contributed by atoms with Gasteiger partial charge in [0.15, 0.2) is 23.9 Å². The number of aliphatic hydroxyl groups excluding tert-OH is 2. The number of hydrogen-bond donors (Lipinski definition) is 2. The fourth-order valence-corrected chi connectivity index (χ4v) is 5.96. The quantitative estimate of drug-likeness (QED) is 0.382. The predicted molar refractivity (Wildman–Crippen MR) is 135 cm³/mol. The molecule has 172 valence electrons. The van der Waals surface area contributed by atoms with E-state index in [0.29, 0.717) is 11.5 Å². The monoisotopic (exact) mass is 460 g/mol. The second-order valence-corrected chi connectivity index (χ2v) is 9.87. The Labute approximate surface area is 205 Å². The molecule has 0 amide bonds. The molecule has 4 heterocycles. The Morgan fingerprint density at radius 2 is 0.914 bits per heavy atom. The summed E-state index contributed by atoms with van der Waals surface area (Å²) in [5.41, 5.74) is 5.00. The summed E-state index contributed by atoms with van der Waals surface area (Å²) >= 11 is 0. The summed E-state index contributed by atoms with van der Waals surface area (Å²) < 4.78 is 4.29. The molecule has 4 nitrogen and oxygen atoms in total. The zero-order chi connectivity index (χ0) is 24.2. The molecule has 2 aliphatic rings. The van der Waals surface area contributed by atoms with E-state index in [1.807, 2.05) is 97.3 Å². The van der Waals surface area contributed by atoms with Crippen LogP contribution in [0.4, 0.5) is 0 Å². The van der Waals surface area contributed by atoms with Crippen molar-refractivity contribution in [2.75, 3.05) is 0 Å². The minimum atomic E-state index is -0.581. The second kappa shape index (κ2) is 7.95. The molecular weight excluding hydrogens is 432 g/mol. The summed E-state index contributed by atoms with van der Waals surface area (Å²) in [5.74, 6) is 0.651. The van der Waals surface area contributed by atoms with Gasteiger partial charge < -0.3 is 10.2 Å². The first-order chi connectivity index (χ1) is 17.0. The van der Waals surface area contributed by atoms with Gasteiger partial charge in [-0.2, -0.15) is 9.13 Å². The SMILES string of the molecule is CC(C)(C1C(O)=C(c2ccccc2)c2cccc[n+]21)C1C(O)=C(c2ccccc2)c2cccc[n+]21. The number of benzene rings is 2. The number of allylic oxidation sites excluding steroid dienone is 2. The van der Waals surface area contributed by atoms with Crippen molar-refractivity contribution >= 4 is 11.1 Å². The fraction of sp³-hybridized carbons (Fsp3) is 0.161. The molecule has 4 heteroatoms. The molecule has 0 saturated heterocycles. The molecule has 2 aromatic carbocycles. The van der Waals surface area contributed by atoms with Gasteiger partial charge in [0.05, 0.1) is 11.1 Å². The van der Waals surface area contributed by atoms with Crippen LogP contribution in [-0.4, -0.2) is 10.2 Å². The molecule has 2 aromatic heterocycles. The van der Waals surface area contributed by atoms with Crippen LogP contribution >= 0.6 is 0 Å². The highest BCUT2D eigenvalue weighted by Gasteiger charge is 2.60. The highest BCUT2D eigenvalue weighted by atomic mass is 16.3. The number of hydrogen-bond acceptors (Lipinski definition) is 2. The Morgan fingerprint density at radius 3 is 1.31 bits per heavy atom. The molecule has 0 saturated carbocycles. The van der Waals surface area contributed by atoms with Gasteiger partial charge in [0.1, 0.15) is 5.41 Å². The lowest BCUT2D eigenvalue weighted by molar-refractivity contribution is -0.768. The van der Waals surface area contributed by atoms with Crippen LogP contribution in [0.25, 0.3) is 11.1 Å². The number of nitrogens with zero attached hydrogens (tertiary/aromatic N) is 2. The first-order valence-corrected chi connectivity index (χ1v) is 12.0. The lowest BCUT2D eigenvalue weighted by Gasteiger charge is -2.30. The summed E-state index contributed by atoms with van der Waals surface area (Å²) in [6.07, 6.45) is 4.05. The molecule has 4 aromatic rings. The molecule has 2 aliphatic heterocycles. The van der Waals surface area contributed by atoms with Crippen molar-refractivity contribution in [1.29, 1.82) is 0 Å². The lowest BCUT2D eigenvalue weighted by Crippen LogP contribution is -2.56. The Balaban J connectivity index is 1.56. The van der Waals surface area contributed by atoms with Crippen LogP contribution in [0, 0.1) is 5.41 Å². The molecule has 35 heavy (non-hydrogen) atoms. The molecule has 0 bridgehead atoms. The third-order valence-electron chi connectivity index (χ3n) is 7.41. The van der Waals surface area contributed by atoms with Crippen molar-refractivity contribution in [2.24, 2.45) is 5.41 Å². The number of pyridine rings is 2. The van der Waals surface area contributed by atoms with Gasteiger partial charge in [-0.3, -0.25) is 0 Å². The van der Waals surface area contributed by atoms with Gasteiger partial charge in [-0.25, -0.2) is 0 Å². The van der Waals surface area contributed by atoms with Crippen molar-refractivity contribution in [3.05, 3.63) is 143 Å². The minimum absolute atomic E-state index is 0.325. The van der Waals surface area contributed by atoms with E-state index in [4.69, 9.17) is 0 Å². The molecule has 0 radical (unpaired) electrons. The van der Waals surface area contributed by atoms with E-state index in [2.05, 4.69) is 35.1 Å². The van der Waals surface area contributed by atoms with Gasteiger partial charge in [0.2, 0.25) is 23.5 Å². The maximum absolute atomic E-state index is 11.8. The van der Waals surface area contributed by atoms with Crippen LogP contribution in [0.2, 0.25) is 0 Å². The van der Waals surface area contributed by atoms with Gasteiger partial charge in [-0.05, 0) is 37.1 Å². The van der Waals surface area contributed by atoms with Crippen molar-refractivity contribution < 1.29 is 19.3 Å². The molecule has 0 spiro atoms. The molecule has 2 N–H and O–H groups in total. The van der Waals surface area contributed by atoms with Crippen molar-refractivity contribution in [1.82, 2.24) is 0 Å². The Hall–Kier alpha value is -4.18. The van der Waals surface area contributed by atoms with Crippen LogP contribution < -0.4 is 9.13 Å². The van der Waals surface area contributed by atoms with Gasteiger partial charge >= 0.3 is 0 Å². The van der Waals surface area contributed by atoms with Crippen molar-refractivity contribution in [2.45, 2.75) is 25.9 Å². The minimum Gasteiger partial charge on any atom is -0.505 e. The van der Waals surface area contributed by atoms with Crippen LogP contribution in [0.3, 0.4) is 0 Å². The summed E-state index contributed by atoms with van der Waals surface area (Å²) in [7, 11) is 0. The molecule has 6 rings (SSSR count). The fourth-order valence-electron chi connectivity index (χ4n) is 5.96. The average molecular weight is 461 g/mol. The van der Waals surface area contributed by atoms with Crippen LogP contribution in [-0.2, 0) is 0 Å². The number of aliphatic hydroxyl groups is 2. The van der Waals surface area contributed by atoms with E-state index < -0.39 is 5.41 Å². The maximum Gasteiger partial charge on any atom is 0.227 e. The molecule has 2 atom stereocenters. The van der Waals surface area contributed by atoms with Gasteiger partial charge in [-0.1, -0.05) is 60.7 Å². The average Bonchev–Trinajstić information content (AvgIpc) is 3.35. The van der Waals surface area contributed by atoms with E-state index in [0.717, 1.165) is 33.7 Å². The maximum atomic E-state index is 11.8. The highest BCUT2D eigenvalue weighted by molar-refractivity contribution is 5.81. The van der Waals surface area contributed by atoms with E-state index in [-0.39, 0.29) is 12.1 Å². The summed E-state index contributed by atoms with van der Waals surface area (Å²) in [6.45, 7) is 4.26. The normalized spacial score (nSPS) is 19.1. The topological polar surface area (TPSA) is 48.2 Å². The van der Waals surface area contributed by atoms with Gasteiger partial charge in [0.25, 0.3) is 0 Å². The molecular formula is C31H28N2O2+2. The van der Waals surface area contributed by atoms with Crippen LogP contribution in [0.1, 0.15) is 48.4 Å². The summed E-state index contributed by atoms with van der Waals surface area (Å²) in [5, 5.41) is 23.6. The van der Waals surface area contributed by atoms with Crippen molar-refractivity contribution in [3.63, 3.8) is 0 Å². The Kier molecular flexibility index (Phi) is 4.85. The highest BCUT2D eigenvalue weighted by Crippen LogP contribution is 2.51. The number of aromatic nitrogens is 2. The smallest absolute Gasteiger partial charge is 0.227 e. The van der Waals surface area contributed by atoms with E-state index in [1.165, 1.54) is 0 Å². The van der Waals surface area contributed by atoms with E-state index >= 15 is 0 Å². The molecule has 2 unspecified atom stereocenters. The van der Waals surface area contributed by atoms with Crippen LogP contribution in [0.15, 0.2) is 121 Å². The molecule has 0 aliphatic carbocycles. The largest absolute Gasteiger partial charge is 0.505 e. The third kappa shape index (κ3) is 3.13. The third-order valence-corrected chi connectivity index (χ3v) is 7.41. The lowest BCUT2D eigenvalue weighted by atomic mass is 9.75. The second-order valence-electron chi connectivity index (χ2n) is 9.87. The Morgan fingerprint density at radius 1 is 0.543 bits per heavy atom. The number of fused-ring (bicyclic) bond motifs is 2. The van der Waals surface area contributed by atoms with Crippen molar-refractivity contribution in [3.8, 4) is 0 Å². The predicted octanol–water partition coefficient (Wildman–Crippen LogP) is 5.73. The van der Waals surface area contributed by atoms with E-state index in [9.17, 15) is 10.2 Å². The van der Waals surface area contributed by atoms with Gasteiger partial charge in [0, 0.05) is 24.3 Å². The molecule has 0 fully saturated rings.